The Morgan fingerprint density at radius 2 is 2.12 bits per heavy atom. The number of anilines is 1. The second-order valence-corrected chi connectivity index (χ2v) is 6.13. The van der Waals surface area contributed by atoms with Gasteiger partial charge in [-0.2, -0.15) is 0 Å². The molecule has 1 aliphatic rings. The summed E-state index contributed by atoms with van der Waals surface area (Å²) in [5.74, 6) is 0.886. The summed E-state index contributed by atoms with van der Waals surface area (Å²) >= 11 is 1.83. The van der Waals surface area contributed by atoms with E-state index in [1.165, 1.54) is 47.9 Å². The third-order valence-electron chi connectivity index (χ3n) is 3.55. The van der Waals surface area contributed by atoms with Crippen LogP contribution in [-0.4, -0.2) is 25.6 Å². The summed E-state index contributed by atoms with van der Waals surface area (Å²) in [6, 6.07) is 0. The molecule has 0 bridgehead atoms. The van der Waals surface area contributed by atoms with Crippen molar-refractivity contribution in [3.05, 3.63) is 10.6 Å². The summed E-state index contributed by atoms with van der Waals surface area (Å²) in [7, 11) is 4.17. The van der Waals surface area contributed by atoms with Crippen molar-refractivity contribution in [1.82, 2.24) is 10.3 Å². The topological polar surface area (TPSA) is 28.2 Å². The van der Waals surface area contributed by atoms with E-state index in [4.69, 9.17) is 0 Å². The third-order valence-corrected chi connectivity index (χ3v) is 4.82. The molecule has 1 heterocycles. The van der Waals surface area contributed by atoms with E-state index in [1.807, 2.05) is 18.4 Å². The van der Waals surface area contributed by atoms with Crippen molar-refractivity contribution in [2.45, 2.75) is 39.2 Å². The van der Waals surface area contributed by atoms with E-state index in [2.05, 4.69) is 29.2 Å². The molecule has 1 aliphatic carbocycles. The maximum absolute atomic E-state index is 4.68. The highest BCUT2D eigenvalue weighted by Gasteiger charge is 2.19. The highest BCUT2D eigenvalue weighted by atomic mass is 32.1. The number of rotatable bonds is 5. The Kier molecular flexibility index (Phi) is 4.40. The summed E-state index contributed by atoms with van der Waals surface area (Å²) < 4.78 is 0. The monoisotopic (exact) mass is 253 g/mol. The first-order valence-electron chi connectivity index (χ1n) is 6.52. The van der Waals surface area contributed by atoms with Crippen molar-refractivity contribution < 1.29 is 0 Å². The van der Waals surface area contributed by atoms with E-state index in [0.29, 0.717) is 0 Å². The number of nitrogens with one attached hydrogen (secondary N) is 1. The van der Waals surface area contributed by atoms with Crippen LogP contribution in [0.1, 0.15) is 36.3 Å². The van der Waals surface area contributed by atoms with Crippen LogP contribution in [0, 0.1) is 12.8 Å². The molecule has 0 spiro atoms. The lowest BCUT2D eigenvalue weighted by Crippen LogP contribution is -2.23. The van der Waals surface area contributed by atoms with Crippen LogP contribution in [-0.2, 0) is 6.54 Å². The predicted molar refractivity (Wildman–Crippen MR) is 74.8 cm³/mol. The molecule has 0 aromatic carbocycles. The zero-order valence-electron chi connectivity index (χ0n) is 11.1. The predicted octanol–water partition coefficient (Wildman–Crippen LogP) is 2.80. The normalized spacial score (nSPS) is 16.6. The molecule has 2 rings (SSSR count). The van der Waals surface area contributed by atoms with Crippen molar-refractivity contribution in [1.29, 1.82) is 0 Å². The number of hydrogen-bond donors (Lipinski definition) is 1. The summed E-state index contributed by atoms with van der Waals surface area (Å²) in [6.45, 7) is 4.21. The number of nitrogens with zero attached hydrogens (tertiary/aromatic N) is 2. The van der Waals surface area contributed by atoms with Crippen molar-refractivity contribution in [2.75, 3.05) is 25.5 Å². The average Bonchev–Trinajstić information content (AvgIpc) is 2.90. The van der Waals surface area contributed by atoms with Crippen LogP contribution >= 0.6 is 11.3 Å². The van der Waals surface area contributed by atoms with E-state index in [0.717, 1.165) is 12.5 Å². The summed E-state index contributed by atoms with van der Waals surface area (Å²) in [4.78, 5) is 8.38. The molecular weight excluding hydrogens is 230 g/mol. The van der Waals surface area contributed by atoms with Gasteiger partial charge in [-0.25, -0.2) is 4.98 Å². The molecule has 1 N–H and O–H groups in total. The van der Waals surface area contributed by atoms with Crippen molar-refractivity contribution in [2.24, 2.45) is 5.92 Å². The van der Waals surface area contributed by atoms with Gasteiger partial charge >= 0.3 is 0 Å². The first-order chi connectivity index (χ1) is 8.20. The highest BCUT2D eigenvalue weighted by molar-refractivity contribution is 7.15. The Labute approximate surface area is 108 Å². The van der Waals surface area contributed by atoms with Crippen molar-refractivity contribution >= 4 is 16.5 Å². The molecular formula is C13H23N3S. The van der Waals surface area contributed by atoms with Crippen LogP contribution in [0.3, 0.4) is 0 Å². The van der Waals surface area contributed by atoms with Crippen LogP contribution in [0.4, 0.5) is 5.13 Å². The van der Waals surface area contributed by atoms with Crippen molar-refractivity contribution in [3.63, 3.8) is 0 Å². The minimum absolute atomic E-state index is 0.886. The second kappa shape index (κ2) is 5.83. The molecule has 1 aromatic rings. The van der Waals surface area contributed by atoms with Crippen LogP contribution in [0.2, 0.25) is 0 Å². The molecule has 96 valence electrons. The van der Waals surface area contributed by atoms with Gasteiger partial charge in [-0.05, 0) is 32.7 Å². The summed E-state index contributed by atoms with van der Waals surface area (Å²) in [5, 5.41) is 4.38. The number of thiazole rings is 1. The van der Waals surface area contributed by atoms with Gasteiger partial charge in [0.2, 0.25) is 0 Å². The maximum Gasteiger partial charge on any atom is 0.185 e. The zero-order chi connectivity index (χ0) is 12.3. The van der Waals surface area contributed by atoms with Crippen LogP contribution < -0.4 is 10.2 Å². The smallest absolute Gasteiger partial charge is 0.185 e. The first kappa shape index (κ1) is 12.8. The molecule has 1 fully saturated rings. The van der Waals surface area contributed by atoms with Gasteiger partial charge in [-0.15, -0.1) is 11.3 Å². The van der Waals surface area contributed by atoms with Gasteiger partial charge in [0.25, 0.3) is 0 Å². The molecule has 1 saturated carbocycles. The van der Waals surface area contributed by atoms with Gasteiger partial charge in [0.05, 0.1) is 5.69 Å². The van der Waals surface area contributed by atoms with E-state index in [9.17, 15) is 0 Å². The fourth-order valence-corrected chi connectivity index (χ4v) is 3.60. The Morgan fingerprint density at radius 1 is 1.41 bits per heavy atom. The lowest BCUT2D eigenvalue weighted by molar-refractivity contribution is 0.546. The van der Waals surface area contributed by atoms with E-state index in [-0.39, 0.29) is 0 Å². The lowest BCUT2D eigenvalue weighted by atomic mass is 10.1. The molecule has 1 aromatic heterocycles. The molecule has 0 amide bonds. The Hall–Kier alpha value is -0.610. The van der Waals surface area contributed by atoms with Gasteiger partial charge in [0, 0.05) is 25.0 Å². The van der Waals surface area contributed by atoms with Gasteiger partial charge in [-0.1, -0.05) is 12.8 Å². The molecule has 4 heteroatoms. The Bertz CT molecular complexity index is 356. The summed E-state index contributed by atoms with van der Waals surface area (Å²) in [5.41, 5.74) is 1.18. The molecule has 0 saturated heterocycles. The average molecular weight is 253 g/mol. The Balaban J connectivity index is 1.97. The van der Waals surface area contributed by atoms with Gasteiger partial charge in [0.15, 0.2) is 5.13 Å². The van der Waals surface area contributed by atoms with Gasteiger partial charge in [-0.3, -0.25) is 0 Å². The molecule has 0 atom stereocenters. The molecule has 0 aliphatic heterocycles. The number of hydrogen-bond acceptors (Lipinski definition) is 4. The summed E-state index contributed by atoms with van der Waals surface area (Å²) in [6.07, 6.45) is 5.64. The van der Waals surface area contributed by atoms with Gasteiger partial charge < -0.3 is 10.2 Å². The lowest BCUT2D eigenvalue weighted by Gasteiger charge is -2.19. The van der Waals surface area contributed by atoms with E-state index in [1.54, 1.807) is 0 Å². The standard InChI is InChI=1S/C13H23N3S/c1-10-12(8-14-2)17-13(15-10)16(3)9-11-6-4-5-7-11/h11,14H,4-9H2,1-3H3. The van der Waals surface area contributed by atoms with Gasteiger partial charge in [0.1, 0.15) is 0 Å². The minimum Gasteiger partial charge on any atom is -0.351 e. The van der Waals surface area contributed by atoms with Crippen LogP contribution in [0.5, 0.6) is 0 Å². The fourth-order valence-electron chi connectivity index (χ4n) is 2.56. The zero-order valence-corrected chi connectivity index (χ0v) is 11.9. The van der Waals surface area contributed by atoms with Crippen LogP contribution in [0.15, 0.2) is 0 Å². The highest BCUT2D eigenvalue weighted by Crippen LogP contribution is 2.29. The van der Waals surface area contributed by atoms with E-state index >= 15 is 0 Å². The quantitative estimate of drug-likeness (QED) is 0.874. The molecule has 17 heavy (non-hydrogen) atoms. The minimum atomic E-state index is 0.886. The third kappa shape index (κ3) is 3.19. The first-order valence-corrected chi connectivity index (χ1v) is 7.34. The maximum atomic E-state index is 4.68. The largest absolute Gasteiger partial charge is 0.351 e. The number of aromatic nitrogens is 1. The molecule has 3 nitrogen and oxygen atoms in total. The fraction of sp³-hybridized carbons (Fsp3) is 0.769. The SMILES string of the molecule is CNCc1sc(N(C)CC2CCCC2)nc1C. The van der Waals surface area contributed by atoms with Crippen molar-refractivity contribution in [3.8, 4) is 0 Å². The molecule has 0 unspecified atom stereocenters. The van der Waals surface area contributed by atoms with Crippen LogP contribution in [0.25, 0.3) is 0 Å². The number of aryl methyl sites for hydroxylation is 1. The van der Waals surface area contributed by atoms with E-state index < -0.39 is 0 Å². The second-order valence-electron chi connectivity index (χ2n) is 5.07. The molecule has 0 radical (unpaired) electrons. The Morgan fingerprint density at radius 3 is 2.76 bits per heavy atom.